The Morgan fingerprint density at radius 3 is 2.62 bits per heavy atom. The molecule has 0 N–H and O–H groups in total. The summed E-state index contributed by atoms with van der Waals surface area (Å²) in [5.41, 5.74) is 2.44. The van der Waals surface area contributed by atoms with E-state index in [0.717, 1.165) is 52.3 Å². The predicted octanol–water partition coefficient (Wildman–Crippen LogP) is 2.91. The number of ether oxygens (including phenoxy) is 1. The Labute approximate surface area is 156 Å². The monoisotopic (exact) mass is 357 g/mol. The van der Waals surface area contributed by atoms with Crippen molar-refractivity contribution in [3.63, 3.8) is 0 Å². The Balaban J connectivity index is 1.45. The van der Waals surface area contributed by atoms with Gasteiger partial charge in [-0.05, 0) is 43.8 Å². The molecule has 1 aliphatic rings. The van der Waals surface area contributed by atoms with Crippen LogP contribution in [-0.2, 0) is 16.1 Å². The fourth-order valence-corrected chi connectivity index (χ4v) is 3.81. The second-order valence-electron chi connectivity index (χ2n) is 7.17. The summed E-state index contributed by atoms with van der Waals surface area (Å²) in [5, 5.41) is 1.25. The molecule has 5 heteroatoms. The van der Waals surface area contributed by atoms with Gasteiger partial charge >= 0.3 is 0 Å². The fourth-order valence-electron chi connectivity index (χ4n) is 3.81. The van der Waals surface area contributed by atoms with Crippen LogP contribution in [0.2, 0.25) is 0 Å². The van der Waals surface area contributed by atoms with Crippen molar-refractivity contribution in [1.29, 1.82) is 0 Å². The molecule has 1 aromatic carbocycles. The van der Waals surface area contributed by atoms with Crippen LogP contribution >= 0.6 is 0 Å². The number of rotatable bonds is 8. The van der Waals surface area contributed by atoms with Crippen LogP contribution in [0.15, 0.2) is 30.3 Å². The molecule has 1 fully saturated rings. The van der Waals surface area contributed by atoms with Gasteiger partial charge in [0.05, 0.1) is 0 Å². The zero-order valence-electron chi connectivity index (χ0n) is 16.1. The topological polar surface area (TPSA) is 37.7 Å². The van der Waals surface area contributed by atoms with Crippen molar-refractivity contribution >= 4 is 16.8 Å². The molecule has 3 rings (SSSR count). The van der Waals surface area contributed by atoms with Crippen LogP contribution < -0.4 is 0 Å². The lowest BCUT2D eigenvalue weighted by Gasteiger charge is -2.34. The number of fused-ring (bicyclic) bond motifs is 1. The van der Waals surface area contributed by atoms with Crippen LogP contribution in [0.4, 0.5) is 0 Å². The Morgan fingerprint density at radius 1 is 1.08 bits per heavy atom. The van der Waals surface area contributed by atoms with Gasteiger partial charge in [0.2, 0.25) is 5.91 Å². The number of aromatic nitrogens is 1. The quantitative estimate of drug-likeness (QED) is 0.682. The molecule has 1 amide bonds. The van der Waals surface area contributed by atoms with Crippen molar-refractivity contribution in [2.75, 3.05) is 46.4 Å². The van der Waals surface area contributed by atoms with Gasteiger partial charge in [0.15, 0.2) is 0 Å². The molecule has 0 radical (unpaired) electrons. The number of carbonyl (C=O) groups excluding carboxylic acids is 1. The SMILES string of the molecule is COCCCCN1CCN(C(=O)CCn2c(C)cc3ccccc32)CC1. The van der Waals surface area contributed by atoms with E-state index in [9.17, 15) is 4.79 Å². The van der Waals surface area contributed by atoms with E-state index in [2.05, 4.69) is 46.7 Å². The van der Waals surface area contributed by atoms with Crippen molar-refractivity contribution in [2.45, 2.75) is 32.7 Å². The van der Waals surface area contributed by atoms with Crippen molar-refractivity contribution < 1.29 is 9.53 Å². The van der Waals surface area contributed by atoms with Crippen LogP contribution in [0.1, 0.15) is 25.0 Å². The summed E-state index contributed by atoms with van der Waals surface area (Å²) >= 11 is 0. The largest absolute Gasteiger partial charge is 0.385 e. The average Bonchev–Trinajstić information content (AvgIpc) is 2.99. The maximum atomic E-state index is 12.6. The van der Waals surface area contributed by atoms with Crippen LogP contribution in [0.5, 0.6) is 0 Å². The minimum Gasteiger partial charge on any atom is -0.385 e. The van der Waals surface area contributed by atoms with Crippen molar-refractivity contribution in [3.05, 3.63) is 36.0 Å². The van der Waals surface area contributed by atoms with Gasteiger partial charge in [0, 0.05) is 64.1 Å². The molecule has 5 nitrogen and oxygen atoms in total. The third-order valence-electron chi connectivity index (χ3n) is 5.36. The third-order valence-corrected chi connectivity index (χ3v) is 5.36. The summed E-state index contributed by atoms with van der Waals surface area (Å²) in [6.45, 7) is 8.52. The number of hydrogen-bond donors (Lipinski definition) is 0. The van der Waals surface area contributed by atoms with E-state index < -0.39 is 0 Å². The summed E-state index contributed by atoms with van der Waals surface area (Å²) < 4.78 is 7.36. The number of aryl methyl sites for hydroxylation is 2. The minimum atomic E-state index is 0.279. The lowest BCUT2D eigenvalue weighted by Crippen LogP contribution is -2.49. The number of piperazine rings is 1. The minimum absolute atomic E-state index is 0.279. The van der Waals surface area contributed by atoms with Crippen LogP contribution in [0, 0.1) is 6.92 Å². The first kappa shape index (κ1) is 18.9. The zero-order chi connectivity index (χ0) is 18.4. The molecular weight excluding hydrogens is 326 g/mol. The van der Waals surface area contributed by atoms with Gasteiger partial charge in [-0.1, -0.05) is 18.2 Å². The second kappa shape index (κ2) is 9.19. The van der Waals surface area contributed by atoms with E-state index in [1.165, 1.54) is 23.0 Å². The molecule has 0 aliphatic carbocycles. The van der Waals surface area contributed by atoms with E-state index in [-0.39, 0.29) is 5.91 Å². The number of nitrogens with zero attached hydrogens (tertiary/aromatic N) is 3. The summed E-state index contributed by atoms with van der Waals surface area (Å²) in [6.07, 6.45) is 2.86. The Bertz CT molecular complexity index is 717. The van der Waals surface area contributed by atoms with Gasteiger partial charge in [0.25, 0.3) is 0 Å². The number of methoxy groups -OCH3 is 1. The summed E-state index contributed by atoms with van der Waals surface area (Å²) in [7, 11) is 1.75. The molecule has 2 aromatic rings. The predicted molar refractivity (Wildman–Crippen MR) is 105 cm³/mol. The van der Waals surface area contributed by atoms with Gasteiger partial charge in [-0.3, -0.25) is 9.69 Å². The summed E-state index contributed by atoms with van der Waals surface area (Å²) in [5.74, 6) is 0.279. The molecule has 26 heavy (non-hydrogen) atoms. The van der Waals surface area contributed by atoms with Gasteiger partial charge in [-0.2, -0.15) is 0 Å². The van der Waals surface area contributed by atoms with E-state index in [1.54, 1.807) is 7.11 Å². The van der Waals surface area contributed by atoms with Gasteiger partial charge in [0.1, 0.15) is 0 Å². The highest BCUT2D eigenvalue weighted by Gasteiger charge is 2.20. The van der Waals surface area contributed by atoms with Crippen LogP contribution in [0.25, 0.3) is 10.9 Å². The number of carbonyl (C=O) groups is 1. The maximum absolute atomic E-state index is 12.6. The smallest absolute Gasteiger partial charge is 0.224 e. The number of unbranched alkanes of at least 4 members (excludes halogenated alkanes) is 1. The Morgan fingerprint density at radius 2 is 1.85 bits per heavy atom. The molecule has 1 aliphatic heterocycles. The lowest BCUT2D eigenvalue weighted by atomic mass is 10.2. The average molecular weight is 357 g/mol. The molecule has 0 unspecified atom stereocenters. The molecular formula is C21H31N3O2. The lowest BCUT2D eigenvalue weighted by molar-refractivity contribution is -0.133. The van der Waals surface area contributed by atoms with E-state index in [0.29, 0.717) is 6.42 Å². The van der Waals surface area contributed by atoms with E-state index >= 15 is 0 Å². The van der Waals surface area contributed by atoms with Crippen LogP contribution in [0.3, 0.4) is 0 Å². The zero-order valence-corrected chi connectivity index (χ0v) is 16.1. The molecule has 2 heterocycles. The van der Waals surface area contributed by atoms with Gasteiger partial charge in [-0.15, -0.1) is 0 Å². The molecule has 1 aromatic heterocycles. The highest BCUT2D eigenvalue weighted by Crippen LogP contribution is 2.19. The Kier molecular flexibility index (Phi) is 6.69. The van der Waals surface area contributed by atoms with Crippen molar-refractivity contribution in [3.8, 4) is 0 Å². The van der Waals surface area contributed by atoms with E-state index in [4.69, 9.17) is 4.74 Å². The second-order valence-corrected chi connectivity index (χ2v) is 7.17. The van der Waals surface area contributed by atoms with E-state index in [1.807, 2.05) is 4.90 Å². The first-order valence-corrected chi connectivity index (χ1v) is 9.73. The standard InChI is InChI=1S/C21H31N3O2/c1-18-17-19-7-3-4-8-20(19)24(18)11-9-21(25)23-14-12-22(13-15-23)10-5-6-16-26-2/h3-4,7-8,17H,5-6,9-16H2,1-2H3. The molecule has 1 saturated heterocycles. The van der Waals surface area contributed by atoms with Gasteiger partial charge < -0.3 is 14.2 Å². The van der Waals surface area contributed by atoms with Crippen LogP contribution in [-0.4, -0.2) is 66.7 Å². The highest BCUT2D eigenvalue weighted by atomic mass is 16.5. The number of benzene rings is 1. The fraction of sp³-hybridized carbons (Fsp3) is 0.571. The molecule has 142 valence electrons. The molecule has 0 spiro atoms. The van der Waals surface area contributed by atoms with Crippen molar-refractivity contribution in [2.24, 2.45) is 0 Å². The molecule has 0 bridgehead atoms. The normalized spacial score (nSPS) is 15.7. The van der Waals surface area contributed by atoms with Gasteiger partial charge in [-0.25, -0.2) is 0 Å². The highest BCUT2D eigenvalue weighted by molar-refractivity contribution is 5.81. The first-order valence-electron chi connectivity index (χ1n) is 9.73. The molecule has 0 saturated carbocycles. The number of para-hydroxylation sites is 1. The summed E-state index contributed by atoms with van der Waals surface area (Å²) in [4.78, 5) is 17.1. The number of hydrogen-bond acceptors (Lipinski definition) is 3. The molecule has 0 atom stereocenters. The third kappa shape index (κ3) is 4.65. The Hall–Kier alpha value is -1.85. The maximum Gasteiger partial charge on any atom is 0.224 e. The first-order chi connectivity index (χ1) is 12.7. The van der Waals surface area contributed by atoms with Crippen molar-refractivity contribution in [1.82, 2.24) is 14.4 Å². The number of amides is 1. The summed E-state index contributed by atoms with van der Waals surface area (Å²) in [6, 6.07) is 10.6.